The van der Waals surface area contributed by atoms with Crippen molar-refractivity contribution in [2.75, 3.05) is 77.7 Å². The molecule has 65 heavy (non-hydrogen) atoms. The van der Waals surface area contributed by atoms with Crippen LogP contribution in [0.1, 0.15) is 86.8 Å². The van der Waals surface area contributed by atoms with Crippen LogP contribution in [0.4, 0.5) is 19.1 Å². The zero-order valence-electron chi connectivity index (χ0n) is 35.8. The third kappa shape index (κ3) is 10.7. The molecular weight excluding hydrogens is 852 g/mol. The lowest BCUT2D eigenvalue weighted by atomic mass is 9.86. The van der Waals surface area contributed by atoms with Crippen molar-refractivity contribution in [3.8, 4) is 5.75 Å². The molecule has 1 atom stereocenters. The van der Waals surface area contributed by atoms with Crippen LogP contribution in [0.15, 0.2) is 60.7 Å². The number of hydrogen-bond donors (Lipinski definition) is 3. The summed E-state index contributed by atoms with van der Waals surface area (Å²) < 4.78 is 59.5. The van der Waals surface area contributed by atoms with Gasteiger partial charge in [-0.15, -0.1) is 0 Å². The summed E-state index contributed by atoms with van der Waals surface area (Å²) in [6.07, 6.45) is -1.28. The molecule has 1 saturated carbocycles. The van der Waals surface area contributed by atoms with Crippen LogP contribution in [0.25, 0.3) is 11.0 Å². The number of imidazole rings is 1. The quantitative estimate of drug-likeness (QED) is 0.0986. The first-order valence-corrected chi connectivity index (χ1v) is 22.0. The Bertz CT molecular complexity index is 2410. The SMILES string of the molecule is O=C1CCC(N2C(=O)c3ccc(OCCOCCOCCN4CCN(Cc5ccc6nc(NC(=O)c7cccc(C(F)(F)F)c7)n(C7CCC(CO)CC7)c6c5)CC4)cc3C2=O)C(=O)N1. The first kappa shape index (κ1) is 45.8. The number of carbonyl (C=O) groups excluding carboxylic acids is 5. The van der Waals surface area contributed by atoms with Crippen LogP contribution < -0.4 is 15.4 Å². The molecule has 4 aromatic rings. The number of ether oxygens (including phenoxy) is 3. The molecule has 8 rings (SSSR count). The summed E-state index contributed by atoms with van der Waals surface area (Å²) >= 11 is 0. The molecule has 0 radical (unpaired) electrons. The Hall–Kier alpha value is -5.73. The van der Waals surface area contributed by atoms with Crippen LogP contribution in [-0.4, -0.2) is 137 Å². The fourth-order valence-electron chi connectivity index (χ4n) is 8.99. The molecule has 4 aliphatic rings. The molecule has 0 bridgehead atoms. The number of imide groups is 2. The Morgan fingerprint density at radius 2 is 1.54 bits per heavy atom. The van der Waals surface area contributed by atoms with Crippen molar-refractivity contribution in [1.29, 1.82) is 0 Å². The molecule has 3 aromatic carbocycles. The van der Waals surface area contributed by atoms with Gasteiger partial charge in [-0.1, -0.05) is 12.1 Å². The van der Waals surface area contributed by atoms with Crippen LogP contribution >= 0.6 is 0 Å². The first-order valence-electron chi connectivity index (χ1n) is 22.0. The molecule has 346 valence electrons. The van der Waals surface area contributed by atoms with Crippen LogP contribution in [0, 0.1) is 5.92 Å². The lowest BCUT2D eigenvalue weighted by molar-refractivity contribution is -0.138. The third-order valence-electron chi connectivity index (χ3n) is 12.6. The van der Waals surface area contributed by atoms with Gasteiger partial charge in [-0.2, -0.15) is 13.2 Å². The second-order valence-electron chi connectivity index (χ2n) is 16.9. The lowest BCUT2D eigenvalue weighted by Gasteiger charge is -2.34. The maximum atomic E-state index is 13.4. The zero-order valence-corrected chi connectivity index (χ0v) is 35.8. The summed E-state index contributed by atoms with van der Waals surface area (Å²) in [4.78, 5) is 73.5. The van der Waals surface area contributed by atoms with Gasteiger partial charge in [-0.25, -0.2) is 4.98 Å². The number of piperazine rings is 1. The molecule has 0 spiro atoms. The van der Waals surface area contributed by atoms with E-state index < -0.39 is 47.3 Å². The van der Waals surface area contributed by atoms with Gasteiger partial charge in [-0.05, 0) is 92.1 Å². The van der Waals surface area contributed by atoms with E-state index in [1.807, 2.05) is 16.7 Å². The topological polar surface area (TPSA) is 185 Å². The summed E-state index contributed by atoms with van der Waals surface area (Å²) in [5, 5.41) is 14.7. The molecule has 3 N–H and O–H groups in total. The number of carbonyl (C=O) groups is 5. The number of aromatic nitrogens is 2. The van der Waals surface area contributed by atoms with E-state index in [4.69, 9.17) is 19.2 Å². The molecule has 3 fully saturated rings. The number of amides is 5. The van der Waals surface area contributed by atoms with E-state index in [9.17, 15) is 42.3 Å². The van der Waals surface area contributed by atoms with Gasteiger partial charge in [0.05, 0.1) is 54.2 Å². The number of halogens is 3. The number of hydrogen-bond acceptors (Lipinski definition) is 12. The van der Waals surface area contributed by atoms with Crippen molar-refractivity contribution < 1.29 is 56.5 Å². The summed E-state index contributed by atoms with van der Waals surface area (Å²) in [6, 6.07) is 13.9. The molecule has 5 amide bonds. The minimum absolute atomic E-state index is 0.00427. The molecule has 19 heteroatoms. The van der Waals surface area contributed by atoms with Crippen LogP contribution in [0.5, 0.6) is 5.75 Å². The molecule has 3 aliphatic heterocycles. The molecule has 2 saturated heterocycles. The van der Waals surface area contributed by atoms with Gasteiger partial charge >= 0.3 is 6.18 Å². The average molecular weight is 904 g/mol. The number of rotatable bonds is 17. The number of aliphatic hydroxyl groups is 1. The highest BCUT2D eigenvalue weighted by Crippen LogP contribution is 2.38. The fraction of sp³-hybridized carbons (Fsp3) is 0.478. The predicted molar refractivity (Wildman–Crippen MR) is 229 cm³/mol. The Morgan fingerprint density at radius 1 is 0.815 bits per heavy atom. The van der Waals surface area contributed by atoms with Gasteiger partial charge in [-0.3, -0.25) is 49.3 Å². The predicted octanol–water partition coefficient (Wildman–Crippen LogP) is 4.66. The molecule has 1 aromatic heterocycles. The van der Waals surface area contributed by atoms with Gasteiger partial charge in [0.1, 0.15) is 18.4 Å². The third-order valence-corrected chi connectivity index (χ3v) is 12.6. The van der Waals surface area contributed by atoms with E-state index in [0.717, 1.165) is 86.5 Å². The van der Waals surface area contributed by atoms with E-state index in [0.29, 0.717) is 37.6 Å². The number of anilines is 1. The monoisotopic (exact) mass is 903 g/mol. The van der Waals surface area contributed by atoms with Crippen LogP contribution in [-0.2, 0) is 31.8 Å². The molecule has 1 unspecified atom stereocenters. The minimum Gasteiger partial charge on any atom is -0.491 e. The van der Waals surface area contributed by atoms with E-state index in [1.54, 1.807) is 6.07 Å². The van der Waals surface area contributed by atoms with Gasteiger partial charge in [0.25, 0.3) is 17.7 Å². The second-order valence-corrected chi connectivity index (χ2v) is 16.9. The standard InChI is InChI=1S/C46H52F3N7O9/c47-46(48,49)32-3-1-2-31(25-32)41(59)52-45-50-37-11-6-30(24-39(37)55(45)33-7-4-29(28-57)5-8-33)27-54-16-14-53(15-17-54)18-19-63-20-21-64-22-23-65-34-9-10-35-36(26-34)44(62)56(43(35)61)38-12-13-40(58)51-42(38)60/h1-3,6,9-11,24-26,29,33,38,57H,4-5,7-8,12-23,27-28H2,(H,50,52,59)(H,51,58,60). The number of fused-ring (bicyclic) bond motifs is 2. The van der Waals surface area contributed by atoms with Crippen molar-refractivity contribution in [3.63, 3.8) is 0 Å². The maximum Gasteiger partial charge on any atom is 0.416 e. The number of aliphatic hydroxyl groups excluding tert-OH is 1. The number of nitrogens with zero attached hydrogens (tertiary/aromatic N) is 5. The van der Waals surface area contributed by atoms with Crippen molar-refractivity contribution in [1.82, 2.24) is 29.6 Å². The van der Waals surface area contributed by atoms with Gasteiger partial charge in [0.2, 0.25) is 17.8 Å². The number of alkyl halides is 3. The van der Waals surface area contributed by atoms with Gasteiger partial charge < -0.3 is 23.9 Å². The maximum absolute atomic E-state index is 13.4. The molecule has 1 aliphatic carbocycles. The second kappa shape index (κ2) is 20.2. The van der Waals surface area contributed by atoms with Crippen molar-refractivity contribution in [2.45, 2.75) is 63.3 Å². The molecule has 4 heterocycles. The van der Waals surface area contributed by atoms with Crippen molar-refractivity contribution in [3.05, 3.63) is 88.5 Å². The summed E-state index contributed by atoms with van der Waals surface area (Å²) in [7, 11) is 0. The van der Waals surface area contributed by atoms with Crippen molar-refractivity contribution in [2.24, 2.45) is 5.92 Å². The number of benzene rings is 3. The Balaban J connectivity index is 0.757. The molecular formula is C46H52F3N7O9. The highest BCUT2D eigenvalue weighted by molar-refractivity contribution is 6.23. The number of nitrogens with one attached hydrogen (secondary N) is 2. The summed E-state index contributed by atoms with van der Waals surface area (Å²) in [6.45, 7) is 6.86. The fourth-order valence-corrected chi connectivity index (χ4v) is 8.99. The van der Waals surface area contributed by atoms with Crippen molar-refractivity contribution >= 4 is 46.5 Å². The van der Waals surface area contributed by atoms with E-state index in [-0.39, 0.29) is 67.3 Å². The van der Waals surface area contributed by atoms with E-state index in [1.165, 1.54) is 24.3 Å². The highest BCUT2D eigenvalue weighted by atomic mass is 19.4. The average Bonchev–Trinajstić information content (AvgIpc) is 3.77. The Labute approximate surface area is 373 Å². The normalized spacial score (nSPS) is 20.9. The summed E-state index contributed by atoms with van der Waals surface area (Å²) in [5.74, 6) is -2.06. The zero-order chi connectivity index (χ0) is 45.7. The molecule has 16 nitrogen and oxygen atoms in total. The minimum atomic E-state index is -4.58. The highest BCUT2D eigenvalue weighted by Gasteiger charge is 2.45. The van der Waals surface area contributed by atoms with Crippen LogP contribution in [0.2, 0.25) is 0 Å². The first-order chi connectivity index (χ1) is 31.4. The van der Waals surface area contributed by atoms with Gasteiger partial charge in [0.15, 0.2) is 0 Å². The van der Waals surface area contributed by atoms with Gasteiger partial charge in [0, 0.05) is 63.9 Å². The van der Waals surface area contributed by atoms with E-state index >= 15 is 0 Å². The smallest absolute Gasteiger partial charge is 0.416 e. The lowest BCUT2D eigenvalue weighted by Crippen LogP contribution is -2.54. The summed E-state index contributed by atoms with van der Waals surface area (Å²) in [5.41, 5.74) is 1.92. The van der Waals surface area contributed by atoms with E-state index in [2.05, 4.69) is 26.5 Å². The number of piperidine rings is 1. The van der Waals surface area contributed by atoms with Crippen LogP contribution in [0.3, 0.4) is 0 Å². The Kier molecular flexibility index (Phi) is 14.2. The Morgan fingerprint density at radius 3 is 2.28 bits per heavy atom. The largest absolute Gasteiger partial charge is 0.491 e.